The van der Waals surface area contributed by atoms with E-state index in [1.54, 1.807) is 48.8 Å². The van der Waals surface area contributed by atoms with Crippen molar-refractivity contribution in [1.29, 1.82) is 5.26 Å². The molecule has 146 valence electrons. The predicted octanol–water partition coefficient (Wildman–Crippen LogP) is 3.12. The summed E-state index contributed by atoms with van der Waals surface area (Å²) in [6.45, 7) is 5.77. The molecular weight excluding hydrogens is 380 g/mol. The molecule has 9 heteroatoms. The molecule has 1 atom stereocenters. The molecule has 2 rings (SSSR count). The number of benzene rings is 1. The third-order valence-electron chi connectivity index (χ3n) is 3.56. The molecule has 0 aliphatic carbocycles. The average Bonchev–Trinajstić information content (AvgIpc) is 2.65. The van der Waals surface area contributed by atoms with Gasteiger partial charge >= 0.3 is 6.02 Å². The summed E-state index contributed by atoms with van der Waals surface area (Å²) >= 11 is 5.86. The van der Waals surface area contributed by atoms with Crippen molar-refractivity contribution in [2.45, 2.75) is 26.9 Å². The predicted molar refractivity (Wildman–Crippen MR) is 106 cm³/mol. The van der Waals surface area contributed by atoms with Crippen LogP contribution in [0, 0.1) is 16.9 Å². The molecule has 0 spiro atoms. The molecule has 3 N–H and O–H groups in total. The number of hydrogen-bond donors (Lipinski definition) is 3. The van der Waals surface area contributed by atoms with Crippen LogP contribution in [0.4, 0.5) is 5.69 Å². The monoisotopic (exact) mass is 400 g/mol. The molecule has 0 radical (unpaired) electrons. The van der Waals surface area contributed by atoms with E-state index >= 15 is 0 Å². The number of nitrogens with zero attached hydrogens (tertiary/aromatic N) is 3. The number of carbonyl (C=O) groups excluding carboxylic acids is 1. The van der Waals surface area contributed by atoms with Crippen LogP contribution in [-0.4, -0.2) is 23.1 Å². The van der Waals surface area contributed by atoms with Gasteiger partial charge in [-0.3, -0.25) is 9.78 Å². The molecule has 1 amide bonds. The lowest BCUT2D eigenvalue weighted by Crippen LogP contribution is -2.54. The molecule has 28 heavy (non-hydrogen) atoms. The third kappa shape index (κ3) is 6.54. The highest BCUT2D eigenvalue weighted by Crippen LogP contribution is 2.18. The minimum Gasteiger partial charge on any atom is -0.367 e. The van der Waals surface area contributed by atoms with E-state index in [9.17, 15) is 4.79 Å². The first-order valence-corrected chi connectivity index (χ1v) is 8.80. The molecule has 0 aliphatic heterocycles. The van der Waals surface area contributed by atoms with Gasteiger partial charge in [0.05, 0.1) is 11.9 Å². The van der Waals surface area contributed by atoms with Crippen molar-refractivity contribution in [3.8, 4) is 6.19 Å². The minimum absolute atomic E-state index is 0.0782. The summed E-state index contributed by atoms with van der Waals surface area (Å²) in [7, 11) is 0. The lowest BCUT2D eigenvalue weighted by molar-refractivity contribution is 0.0522. The van der Waals surface area contributed by atoms with E-state index in [1.165, 1.54) is 6.20 Å². The maximum Gasteiger partial charge on any atom is 0.323 e. The van der Waals surface area contributed by atoms with Gasteiger partial charge in [0.1, 0.15) is 6.17 Å². The van der Waals surface area contributed by atoms with Gasteiger partial charge in [-0.25, -0.2) is 5.32 Å². The number of hydrogen-bond acceptors (Lipinski definition) is 6. The molecule has 0 saturated carbocycles. The van der Waals surface area contributed by atoms with Crippen LogP contribution in [0.5, 0.6) is 0 Å². The van der Waals surface area contributed by atoms with E-state index in [2.05, 4.69) is 26.1 Å². The van der Waals surface area contributed by atoms with E-state index in [4.69, 9.17) is 21.7 Å². The fourth-order valence-electron chi connectivity index (χ4n) is 2.01. The van der Waals surface area contributed by atoms with Crippen LogP contribution in [0.3, 0.4) is 0 Å². The molecule has 0 fully saturated rings. The Labute approximate surface area is 168 Å². The van der Waals surface area contributed by atoms with Crippen molar-refractivity contribution in [3.63, 3.8) is 0 Å². The highest BCUT2D eigenvalue weighted by Gasteiger charge is 2.28. The normalized spacial score (nSPS) is 12.6. The maximum absolute atomic E-state index is 12.5. The summed E-state index contributed by atoms with van der Waals surface area (Å²) in [6, 6.07) is 9.88. The van der Waals surface area contributed by atoms with Crippen molar-refractivity contribution in [2.24, 2.45) is 10.4 Å². The smallest absolute Gasteiger partial charge is 0.323 e. The molecular formula is C19H21ClN6O2. The molecule has 1 aromatic carbocycles. The molecule has 2 aromatic rings. The second kappa shape index (κ2) is 9.69. The van der Waals surface area contributed by atoms with E-state index in [0.29, 0.717) is 16.3 Å². The quantitative estimate of drug-likeness (QED) is 0.177. The fraction of sp³-hybridized carbons (Fsp3) is 0.263. The first kappa shape index (κ1) is 21.2. The fourth-order valence-corrected chi connectivity index (χ4v) is 2.14. The Bertz CT molecular complexity index is 857. The Morgan fingerprint density at radius 3 is 2.57 bits per heavy atom. The number of nitrogens with one attached hydrogen (secondary N) is 3. The zero-order chi connectivity index (χ0) is 20.6. The van der Waals surface area contributed by atoms with Crippen LogP contribution in [0.1, 0.15) is 31.1 Å². The van der Waals surface area contributed by atoms with Crippen LogP contribution in [0.15, 0.2) is 53.8 Å². The lowest BCUT2D eigenvalue weighted by Gasteiger charge is -2.31. The number of halogens is 1. The summed E-state index contributed by atoms with van der Waals surface area (Å²) in [4.78, 5) is 26.1. The van der Waals surface area contributed by atoms with Gasteiger partial charge in [0.25, 0.3) is 5.91 Å². The van der Waals surface area contributed by atoms with Gasteiger partial charge in [-0.05, 0) is 41.8 Å². The van der Waals surface area contributed by atoms with Crippen molar-refractivity contribution in [2.75, 3.05) is 0 Å². The molecule has 0 bridgehead atoms. The summed E-state index contributed by atoms with van der Waals surface area (Å²) in [6.07, 6.45) is 4.30. The zero-order valence-electron chi connectivity index (χ0n) is 15.7. The van der Waals surface area contributed by atoms with Crippen LogP contribution >= 0.6 is 11.6 Å². The Morgan fingerprint density at radius 1 is 1.29 bits per heavy atom. The largest absolute Gasteiger partial charge is 0.367 e. The van der Waals surface area contributed by atoms with Gasteiger partial charge in [0.2, 0.25) is 0 Å². The van der Waals surface area contributed by atoms with Crippen LogP contribution < -0.4 is 16.1 Å². The van der Waals surface area contributed by atoms with Gasteiger partial charge in [0.15, 0.2) is 6.19 Å². The highest BCUT2D eigenvalue weighted by molar-refractivity contribution is 6.30. The summed E-state index contributed by atoms with van der Waals surface area (Å²) in [5, 5.41) is 14.7. The lowest BCUT2D eigenvalue weighted by atomic mass is 9.92. The standard InChI is InChI=1S/C19H21ClN6O2/c1-19(2,3)17(25-16(27)13-6-8-14(20)9-7-13)26-28-18(23-12-21)24-15-5-4-10-22-11-15/h4-11,17,26H,1-3H3,(H,23,24)(H,25,27). The first-order chi connectivity index (χ1) is 13.3. The van der Waals surface area contributed by atoms with E-state index in [1.807, 2.05) is 20.8 Å². The average molecular weight is 401 g/mol. The van der Waals surface area contributed by atoms with Gasteiger partial charge < -0.3 is 10.2 Å². The van der Waals surface area contributed by atoms with Crippen LogP contribution in [0.25, 0.3) is 0 Å². The summed E-state index contributed by atoms with van der Waals surface area (Å²) in [5.41, 5.74) is 3.30. The number of carbonyl (C=O) groups is 1. The number of rotatable bonds is 5. The number of hydroxylamine groups is 1. The Balaban J connectivity index is 2.10. The van der Waals surface area contributed by atoms with Gasteiger partial charge in [-0.15, -0.1) is 5.48 Å². The Hall–Kier alpha value is -3.15. The molecule has 0 saturated heterocycles. The Morgan fingerprint density at radius 2 is 2.00 bits per heavy atom. The van der Waals surface area contributed by atoms with Crippen molar-refractivity contribution in [1.82, 2.24) is 21.1 Å². The van der Waals surface area contributed by atoms with Crippen LogP contribution in [0.2, 0.25) is 5.02 Å². The molecule has 0 aliphatic rings. The second-order valence-corrected chi connectivity index (χ2v) is 7.30. The maximum atomic E-state index is 12.5. The first-order valence-electron chi connectivity index (χ1n) is 8.42. The number of amidine groups is 1. The number of aliphatic imine (C=N–C) groups is 1. The third-order valence-corrected chi connectivity index (χ3v) is 3.81. The van der Waals surface area contributed by atoms with Crippen molar-refractivity contribution < 1.29 is 9.63 Å². The van der Waals surface area contributed by atoms with E-state index < -0.39 is 11.6 Å². The molecule has 1 heterocycles. The summed E-state index contributed by atoms with van der Waals surface area (Å²) < 4.78 is 0. The van der Waals surface area contributed by atoms with Gasteiger partial charge in [-0.2, -0.15) is 10.3 Å². The minimum atomic E-state index is -0.588. The summed E-state index contributed by atoms with van der Waals surface area (Å²) in [5.74, 6) is -0.299. The number of pyridine rings is 1. The Kier molecular flexibility index (Phi) is 7.32. The molecule has 1 unspecified atom stereocenters. The number of aromatic nitrogens is 1. The van der Waals surface area contributed by atoms with E-state index in [0.717, 1.165) is 0 Å². The SMILES string of the molecule is CC(C)(C)C(NOC(=Nc1cccnc1)NC#N)NC(=O)c1ccc(Cl)cc1. The highest BCUT2D eigenvalue weighted by atomic mass is 35.5. The topological polar surface area (TPSA) is 111 Å². The number of amides is 1. The number of nitriles is 1. The molecule has 1 aromatic heterocycles. The van der Waals surface area contributed by atoms with Gasteiger partial charge in [0, 0.05) is 16.8 Å². The zero-order valence-corrected chi connectivity index (χ0v) is 16.5. The van der Waals surface area contributed by atoms with Crippen molar-refractivity contribution in [3.05, 3.63) is 59.4 Å². The second-order valence-electron chi connectivity index (χ2n) is 6.86. The van der Waals surface area contributed by atoms with Crippen molar-refractivity contribution >= 4 is 29.2 Å². The molecule has 8 nitrogen and oxygen atoms in total. The van der Waals surface area contributed by atoms with Crippen LogP contribution in [-0.2, 0) is 4.84 Å². The van der Waals surface area contributed by atoms with Gasteiger partial charge in [-0.1, -0.05) is 32.4 Å². The van der Waals surface area contributed by atoms with E-state index in [-0.39, 0.29) is 11.9 Å².